The van der Waals surface area contributed by atoms with Gasteiger partial charge < -0.3 is 0 Å². The van der Waals surface area contributed by atoms with Gasteiger partial charge in [0.2, 0.25) is 6.54 Å². The topological polar surface area (TPSA) is 43.1 Å². The molecule has 1 atom stereocenters. The van der Waals surface area contributed by atoms with Crippen LogP contribution in [-0.4, -0.2) is 16.7 Å². The minimum Gasteiger partial charge on any atom is -0.264 e. The zero-order valence-corrected chi connectivity index (χ0v) is 8.44. The van der Waals surface area contributed by atoms with Crippen LogP contribution in [0.1, 0.15) is 0 Å². The molecule has 0 aromatic heterocycles. The molecule has 1 rings (SSSR count). The average Bonchev–Trinajstić information content (AvgIpc) is 2.17. The van der Waals surface area contributed by atoms with Crippen molar-refractivity contribution in [1.82, 2.24) is 0 Å². The van der Waals surface area contributed by atoms with Crippen molar-refractivity contribution in [2.45, 2.75) is 10.1 Å². The van der Waals surface area contributed by atoms with E-state index in [1.807, 2.05) is 30.3 Å². The van der Waals surface area contributed by atoms with Crippen LogP contribution < -0.4 is 0 Å². The van der Waals surface area contributed by atoms with Crippen LogP contribution in [0.4, 0.5) is 0 Å². The molecule has 3 nitrogen and oxygen atoms in total. The van der Waals surface area contributed by atoms with Gasteiger partial charge in [-0.15, -0.1) is 18.3 Å². The van der Waals surface area contributed by atoms with Crippen LogP contribution in [0, 0.1) is 10.1 Å². The molecule has 0 fully saturated rings. The molecule has 1 unspecified atom stereocenters. The fourth-order valence-corrected chi connectivity index (χ4v) is 1.94. The molecule has 0 amide bonds. The third-order valence-electron chi connectivity index (χ3n) is 1.62. The first-order valence-electron chi connectivity index (χ1n) is 4.18. The van der Waals surface area contributed by atoms with Crippen molar-refractivity contribution in [2.75, 3.05) is 6.54 Å². The van der Waals surface area contributed by atoms with Crippen LogP contribution >= 0.6 is 11.8 Å². The largest absolute Gasteiger partial charge is 0.264 e. The molecule has 0 aliphatic heterocycles. The number of benzene rings is 1. The summed E-state index contributed by atoms with van der Waals surface area (Å²) in [5.41, 5.74) is 0. The van der Waals surface area contributed by atoms with Crippen molar-refractivity contribution in [2.24, 2.45) is 0 Å². The SMILES string of the molecule is C=CC(C[N+](=O)[O-])Sc1ccccc1. The molecule has 0 radical (unpaired) electrons. The number of nitro groups is 1. The van der Waals surface area contributed by atoms with E-state index in [4.69, 9.17) is 0 Å². The highest BCUT2D eigenvalue weighted by Crippen LogP contribution is 2.23. The van der Waals surface area contributed by atoms with Gasteiger partial charge in [-0.05, 0) is 12.1 Å². The number of thioether (sulfide) groups is 1. The molecule has 0 spiro atoms. The van der Waals surface area contributed by atoms with E-state index in [0.29, 0.717) is 0 Å². The van der Waals surface area contributed by atoms with Gasteiger partial charge in [0.25, 0.3) is 0 Å². The van der Waals surface area contributed by atoms with Crippen molar-refractivity contribution in [1.29, 1.82) is 0 Å². The standard InChI is InChI=1S/C10H11NO2S/c1-2-9(8-11(12)13)14-10-6-4-3-5-7-10/h2-7,9H,1,8H2. The first-order valence-corrected chi connectivity index (χ1v) is 5.06. The smallest absolute Gasteiger partial charge is 0.219 e. The van der Waals surface area contributed by atoms with E-state index in [1.54, 1.807) is 6.08 Å². The van der Waals surface area contributed by atoms with Gasteiger partial charge >= 0.3 is 0 Å². The second kappa shape index (κ2) is 5.44. The van der Waals surface area contributed by atoms with Crippen molar-refractivity contribution < 1.29 is 4.92 Å². The summed E-state index contributed by atoms with van der Waals surface area (Å²) < 4.78 is 0. The maximum atomic E-state index is 10.3. The van der Waals surface area contributed by atoms with Crippen LogP contribution in [0.15, 0.2) is 47.9 Å². The minimum absolute atomic E-state index is 0.0803. The fraction of sp³-hybridized carbons (Fsp3) is 0.200. The van der Waals surface area contributed by atoms with Crippen molar-refractivity contribution >= 4 is 11.8 Å². The second-order valence-electron chi connectivity index (χ2n) is 2.72. The van der Waals surface area contributed by atoms with Crippen molar-refractivity contribution in [3.05, 3.63) is 53.1 Å². The highest BCUT2D eigenvalue weighted by Gasteiger charge is 2.12. The minimum atomic E-state index is -0.317. The molecular formula is C10H11NO2S. The van der Waals surface area contributed by atoms with Gasteiger partial charge in [0.15, 0.2) is 0 Å². The quantitative estimate of drug-likeness (QED) is 0.324. The molecule has 1 aromatic carbocycles. The van der Waals surface area contributed by atoms with Crippen LogP contribution in [-0.2, 0) is 0 Å². The second-order valence-corrected chi connectivity index (χ2v) is 4.03. The summed E-state index contributed by atoms with van der Waals surface area (Å²) in [5, 5.41) is 10.1. The number of hydrogen-bond acceptors (Lipinski definition) is 3. The van der Waals surface area contributed by atoms with Gasteiger partial charge in [0.1, 0.15) is 0 Å². The Morgan fingerprint density at radius 3 is 2.64 bits per heavy atom. The van der Waals surface area contributed by atoms with Crippen LogP contribution in [0.5, 0.6) is 0 Å². The maximum Gasteiger partial charge on any atom is 0.219 e. The number of nitrogens with zero attached hydrogens (tertiary/aromatic N) is 1. The molecule has 14 heavy (non-hydrogen) atoms. The predicted molar refractivity (Wildman–Crippen MR) is 58.1 cm³/mol. The van der Waals surface area contributed by atoms with E-state index in [0.717, 1.165) is 4.90 Å². The van der Waals surface area contributed by atoms with Crippen molar-refractivity contribution in [3.8, 4) is 0 Å². The monoisotopic (exact) mass is 209 g/mol. The lowest BCUT2D eigenvalue weighted by molar-refractivity contribution is -0.477. The lowest BCUT2D eigenvalue weighted by atomic mass is 10.4. The fourth-order valence-electron chi connectivity index (χ4n) is 0.981. The van der Waals surface area contributed by atoms with E-state index in [9.17, 15) is 10.1 Å². The summed E-state index contributed by atoms with van der Waals surface area (Å²) in [7, 11) is 0. The zero-order chi connectivity index (χ0) is 10.4. The summed E-state index contributed by atoms with van der Waals surface area (Å²) in [5.74, 6) is 0. The highest BCUT2D eigenvalue weighted by atomic mass is 32.2. The summed E-state index contributed by atoms with van der Waals surface area (Å²) in [6, 6.07) is 9.60. The third kappa shape index (κ3) is 3.62. The summed E-state index contributed by atoms with van der Waals surface area (Å²) >= 11 is 1.46. The first-order chi connectivity index (χ1) is 6.72. The van der Waals surface area contributed by atoms with Gasteiger partial charge in [-0.25, -0.2) is 0 Å². The van der Waals surface area contributed by atoms with Gasteiger partial charge in [-0.2, -0.15) is 0 Å². The van der Waals surface area contributed by atoms with Crippen LogP contribution in [0.2, 0.25) is 0 Å². The van der Waals surface area contributed by atoms with Gasteiger partial charge in [0, 0.05) is 9.82 Å². The first kappa shape index (κ1) is 10.8. The Morgan fingerprint density at radius 2 is 2.14 bits per heavy atom. The Hall–Kier alpha value is -1.29. The van der Waals surface area contributed by atoms with Crippen LogP contribution in [0.3, 0.4) is 0 Å². The third-order valence-corrected chi connectivity index (χ3v) is 2.81. The lowest BCUT2D eigenvalue weighted by Gasteiger charge is -2.06. The summed E-state index contributed by atoms with van der Waals surface area (Å²) in [6.45, 7) is 3.50. The molecule has 4 heteroatoms. The zero-order valence-electron chi connectivity index (χ0n) is 7.63. The Kier molecular flexibility index (Phi) is 4.19. The Balaban J connectivity index is 2.57. The Labute approximate surface area is 87.0 Å². The molecule has 74 valence electrons. The molecule has 0 N–H and O–H groups in total. The number of hydrogen-bond donors (Lipinski definition) is 0. The van der Waals surface area contributed by atoms with Crippen molar-refractivity contribution in [3.63, 3.8) is 0 Å². The Morgan fingerprint density at radius 1 is 1.50 bits per heavy atom. The van der Waals surface area contributed by atoms with Gasteiger partial charge in [-0.1, -0.05) is 24.3 Å². The van der Waals surface area contributed by atoms with E-state index < -0.39 is 0 Å². The molecule has 0 saturated carbocycles. The molecule has 0 heterocycles. The van der Waals surface area contributed by atoms with Crippen LogP contribution in [0.25, 0.3) is 0 Å². The normalized spacial score (nSPS) is 12.0. The molecule has 0 aliphatic carbocycles. The van der Waals surface area contributed by atoms with E-state index in [2.05, 4.69) is 6.58 Å². The Bertz CT molecular complexity index is 313. The molecule has 0 bridgehead atoms. The maximum absolute atomic E-state index is 10.3. The lowest BCUT2D eigenvalue weighted by Crippen LogP contribution is -2.13. The average molecular weight is 209 g/mol. The van der Waals surface area contributed by atoms with Gasteiger partial charge in [0.05, 0.1) is 5.25 Å². The highest BCUT2D eigenvalue weighted by molar-refractivity contribution is 8.00. The van der Waals surface area contributed by atoms with E-state index in [1.165, 1.54) is 11.8 Å². The van der Waals surface area contributed by atoms with E-state index >= 15 is 0 Å². The molecule has 1 aromatic rings. The van der Waals surface area contributed by atoms with E-state index in [-0.39, 0.29) is 16.7 Å². The number of rotatable bonds is 5. The predicted octanol–water partition coefficient (Wildman–Crippen LogP) is 2.61. The summed E-state index contributed by atoms with van der Waals surface area (Å²) in [4.78, 5) is 11.0. The molecule has 0 aliphatic rings. The molecule has 0 saturated heterocycles. The van der Waals surface area contributed by atoms with Gasteiger partial charge in [-0.3, -0.25) is 10.1 Å². The molecular weight excluding hydrogens is 198 g/mol. The summed E-state index contributed by atoms with van der Waals surface area (Å²) in [6.07, 6.45) is 1.61.